The minimum Gasteiger partial charge on any atom is -0.352 e. The summed E-state index contributed by atoms with van der Waals surface area (Å²) in [6.45, 7) is 9.57. The van der Waals surface area contributed by atoms with Crippen LogP contribution in [0.4, 0.5) is 5.13 Å². The van der Waals surface area contributed by atoms with E-state index in [9.17, 15) is 9.59 Å². The zero-order valence-electron chi connectivity index (χ0n) is 18.8. The third-order valence-corrected chi connectivity index (χ3v) is 6.74. The highest BCUT2D eigenvalue weighted by atomic mass is 32.1. The van der Waals surface area contributed by atoms with Crippen LogP contribution in [0, 0.1) is 0 Å². The van der Waals surface area contributed by atoms with Crippen molar-refractivity contribution in [2.45, 2.75) is 32.6 Å². The number of hydrogen-bond acceptors (Lipinski definition) is 6. The Balaban J connectivity index is 1.22. The Morgan fingerprint density at radius 3 is 2.44 bits per heavy atom. The summed E-state index contributed by atoms with van der Waals surface area (Å²) in [5.74, 6) is -0.0773. The van der Waals surface area contributed by atoms with E-state index in [1.807, 2.05) is 41.3 Å². The van der Waals surface area contributed by atoms with Crippen molar-refractivity contribution in [1.82, 2.24) is 20.2 Å². The third-order valence-electron chi connectivity index (χ3n) is 5.70. The first-order valence-corrected chi connectivity index (χ1v) is 11.8. The molecule has 0 bridgehead atoms. The highest BCUT2D eigenvalue weighted by Crippen LogP contribution is 2.27. The van der Waals surface area contributed by atoms with Gasteiger partial charge in [0, 0.05) is 50.9 Å². The van der Waals surface area contributed by atoms with Gasteiger partial charge in [0.25, 0.3) is 5.91 Å². The molecule has 1 fully saturated rings. The highest BCUT2D eigenvalue weighted by Gasteiger charge is 2.23. The van der Waals surface area contributed by atoms with Crippen LogP contribution in [0.25, 0.3) is 10.3 Å². The molecule has 1 N–H and O–H groups in total. The summed E-state index contributed by atoms with van der Waals surface area (Å²) in [6, 6.07) is 11.5. The Kier molecular flexibility index (Phi) is 6.41. The number of amides is 2. The lowest BCUT2D eigenvalue weighted by molar-refractivity contribution is -0.131. The molecule has 7 nitrogen and oxygen atoms in total. The molecule has 1 aliphatic heterocycles. The van der Waals surface area contributed by atoms with E-state index in [0.717, 1.165) is 28.6 Å². The number of nitrogens with zero attached hydrogens (tertiary/aromatic N) is 4. The van der Waals surface area contributed by atoms with Crippen LogP contribution in [0.15, 0.2) is 42.6 Å². The molecule has 0 aliphatic carbocycles. The minimum absolute atomic E-state index is 0.0510. The van der Waals surface area contributed by atoms with Crippen molar-refractivity contribution in [2.75, 3.05) is 37.6 Å². The number of pyridine rings is 1. The molecule has 1 aromatic carbocycles. The molecule has 1 aliphatic rings. The topological polar surface area (TPSA) is 78.4 Å². The van der Waals surface area contributed by atoms with E-state index in [-0.39, 0.29) is 17.2 Å². The number of anilines is 1. The van der Waals surface area contributed by atoms with Gasteiger partial charge in [0.05, 0.1) is 0 Å². The lowest BCUT2D eigenvalue weighted by Crippen LogP contribution is -2.49. The van der Waals surface area contributed by atoms with E-state index in [1.54, 1.807) is 17.5 Å². The largest absolute Gasteiger partial charge is 0.352 e. The first-order chi connectivity index (χ1) is 15.3. The monoisotopic (exact) mass is 451 g/mol. The summed E-state index contributed by atoms with van der Waals surface area (Å²) in [4.78, 5) is 39.0. The Labute approximate surface area is 192 Å². The van der Waals surface area contributed by atoms with Crippen molar-refractivity contribution in [2.24, 2.45) is 0 Å². The number of piperazine rings is 1. The molecular formula is C24H29N5O2S. The van der Waals surface area contributed by atoms with E-state index in [1.165, 1.54) is 5.56 Å². The van der Waals surface area contributed by atoms with Gasteiger partial charge in [-0.3, -0.25) is 9.59 Å². The molecule has 3 heterocycles. The zero-order chi connectivity index (χ0) is 22.7. The summed E-state index contributed by atoms with van der Waals surface area (Å²) in [6.07, 6.45) is 2.08. The van der Waals surface area contributed by atoms with Gasteiger partial charge in [-0.05, 0) is 35.2 Å². The Hall–Kier alpha value is -3.00. The van der Waals surface area contributed by atoms with Gasteiger partial charge in [-0.1, -0.05) is 44.2 Å². The summed E-state index contributed by atoms with van der Waals surface area (Å²) >= 11 is 1.58. The SMILES string of the molecule is CC(C)(C)c1ccc(C(=O)NCCC(=O)N2CCN(c3nc4cccnc4s3)CC2)cc1. The van der Waals surface area contributed by atoms with E-state index < -0.39 is 0 Å². The van der Waals surface area contributed by atoms with Crippen molar-refractivity contribution in [3.63, 3.8) is 0 Å². The van der Waals surface area contributed by atoms with Gasteiger partial charge in [0.15, 0.2) is 5.13 Å². The maximum Gasteiger partial charge on any atom is 0.251 e. The Morgan fingerprint density at radius 1 is 1.06 bits per heavy atom. The Bertz CT molecular complexity index is 1060. The quantitative estimate of drug-likeness (QED) is 0.643. The fourth-order valence-corrected chi connectivity index (χ4v) is 4.67. The first-order valence-electron chi connectivity index (χ1n) is 10.9. The smallest absolute Gasteiger partial charge is 0.251 e. The zero-order valence-corrected chi connectivity index (χ0v) is 19.6. The molecule has 32 heavy (non-hydrogen) atoms. The molecule has 1 saturated heterocycles. The predicted octanol–water partition coefficient (Wildman–Crippen LogP) is 3.46. The van der Waals surface area contributed by atoms with E-state index in [2.05, 4.69) is 41.0 Å². The van der Waals surface area contributed by atoms with Crippen LogP contribution in [0.2, 0.25) is 0 Å². The molecule has 0 atom stereocenters. The molecule has 0 saturated carbocycles. The minimum atomic E-state index is -0.146. The molecule has 0 unspecified atom stereocenters. The second kappa shape index (κ2) is 9.24. The lowest BCUT2D eigenvalue weighted by atomic mass is 9.87. The highest BCUT2D eigenvalue weighted by molar-refractivity contribution is 7.21. The first kappa shape index (κ1) is 22.2. The normalized spacial score (nSPS) is 14.6. The number of thiazole rings is 1. The summed E-state index contributed by atoms with van der Waals surface area (Å²) in [5, 5.41) is 3.82. The van der Waals surface area contributed by atoms with Gasteiger partial charge in [0.1, 0.15) is 10.3 Å². The fourth-order valence-electron chi connectivity index (χ4n) is 3.71. The number of fused-ring (bicyclic) bond motifs is 1. The molecule has 168 valence electrons. The molecule has 8 heteroatoms. The van der Waals surface area contributed by atoms with E-state index in [0.29, 0.717) is 31.6 Å². The molecule has 0 radical (unpaired) electrons. The van der Waals surface area contributed by atoms with Crippen molar-refractivity contribution < 1.29 is 9.59 Å². The second-order valence-corrected chi connectivity index (χ2v) is 9.98. The number of carbonyl (C=O) groups is 2. The molecule has 4 rings (SSSR count). The van der Waals surface area contributed by atoms with Crippen LogP contribution in [-0.4, -0.2) is 59.4 Å². The van der Waals surface area contributed by atoms with Gasteiger partial charge in [-0.15, -0.1) is 0 Å². The van der Waals surface area contributed by atoms with E-state index in [4.69, 9.17) is 0 Å². The fraction of sp³-hybridized carbons (Fsp3) is 0.417. The molecule has 3 aromatic rings. The maximum absolute atomic E-state index is 12.6. The van der Waals surface area contributed by atoms with Crippen LogP contribution in [0.5, 0.6) is 0 Å². The number of rotatable bonds is 5. The van der Waals surface area contributed by atoms with Crippen LogP contribution >= 0.6 is 11.3 Å². The molecule has 0 spiro atoms. The van der Waals surface area contributed by atoms with E-state index >= 15 is 0 Å². The summed E-state index contributed by atoms with van der Waals surface area (Å²) in [7, 11) is 0. The number of hydrogen-bond donors (Lipinski definition) is 1. The molecule has 2 aromatic heterocycles. The average molecular weight is 452 g/mol. The van der Waals surface area contributed by atoms with Crippen molar-refractivity contribution >= 4 is 38.6 Å². The third kappa shape index (κ3) is 5.07. The van der Waals surface area contributed by atoms with Gasteiger partial charge in [0.2, 0.25) is 5.91 Å². The van der Waals surface area contributed by atoms with Gasteiger partial charge in [-0.2, -0.15) is 0 Å². The lowest BCUT2D eigenvalue weighted by Gasteiger charge is -2.34. The molecular weight excluding hydrogens is 422 g/mol. The second-order valence-electron chi connectivity index (χ2n) is 9.03. The van der Waals surface area contributed by atoms with Crippen LogP contribution < -0.4 is 10.2 Å². The van der Waals surface area contributed by atoms with Gasteiger partial charge in [-0.25, -0.2) is 9.97 Å². The number of benzene rings is 1. The number of aromatic nitrogens is 2. The van der Waals surface area contributed by atoms with Crippen LogP contribution in [-0.2, 0) is 10.2 Å². The van der Waals surface area contributed by atoms with Gasteiger partial charge >= 0.3 is 0 Å². The number of nitrogens with one attached hydrogen (secondary N) is 1. The standard InChI is InChI=1S/C24H29N5O2S/c1-24(2,3)18-8-6-17(7-9-18)21(31)25-12-10-20(30)28-13-15-29(16-14-28)23-27-19-5-4-11-26-22(19)32-23/h4-9,11H,10,12-16H2,1-3H3,(H,25,31). The predicted molar refractivity (Wildman–Crippen MR) is 128 cm³/mol. The Morgan fingerprint density at radius 2 is 1.78 bits per heavy atom. The average Bonchev–Trinajstić information content (AvgIpc) is 3.23. The van der Waals surface area contributed by atoms with Crippen molar-refractivity contribution in [1.29, 1.82) is 0 Å². The van der Waals surface area contributed by atoms with Crippen LogP contribution in [0.1, 0.15) is 43.1 Å². The molecule has 2 amide bonds. The summed E-state index contributed by atoms with van der Waals surface area (Å²) in [5.41, 5.74) is 2.76. The number of carbonyl (C=O) groups excluding carboxylic acids is 2. The van der Waals surface area contributed by atoms with Gasteiger partial charge < -0.3 is 15.1 Å². The summed E-state index contributed by atoms with van der Waals surface area (Å²) < 4.78 is 0. The van der Waals surface area contributed by atoms with Crippen LogP contribution in [0.3, 0.4) is 0 Å². The maximum atomic E-state index is 12.6. The van der Waals surface area contributed by atoms with Crippen molar-refractivity contribution in [3.8, 4) is 0 Å². The van der Waals surface area contributed by atoms with Crippen molar-refractivity contribution in [3.05, 3.63) is 53.7 Å².